The van der Waals surface area contributed by atoms with Crippen LogP contribution in [0.3, 0.4) is 0 Å². The van der Waals surface area contributed by atoms with Gasteiger partial charge in [-0.15, -0.1) is 0 Å². The molecule has 0 radical (unpaired) electrons. The number of benzene rings is 1. The zero-order chi connectivity index (χ0) is 13.8. The Morgan fingerprint density at radius 1 is 1.37 bits per heavy atom. The SMILES string of the molecule is COc1cccc(COc2c(CN)c(C)nn2C)c1. The predicted molar refractivity (Wildman–Crippen MR) is 73.2 cm³/mol. The van der Waals surface area contributed by atoms with E-state index in [4.69, 9.17) is 15.2 Å². The van der Waals surface area contributed by atoms with Gasteiger partial charge in [0.2, 0.25) is 5.88 Å². The Bertz CT molecular complexity index is 564. The number of hydrogen-bond acceptors (Lipinski definition) is 4. The molecule has 19 heavy (non-hydrogen) atoms. The summed E-state index contributed by atoms with van der Waals surface area (Å²) in [7, 11) is 3.50. The molecule has 5 nitrogen and oxygen atoms in total. The van der Waals surface area contributed by atoms with Crippen molar-refractivity contribution < 1.29 is 9.47 Å². The van der Waals surface area contributed by atoms with Gasteiger partial charge in [-0.3, -0.25) is 0 Å². The number of rotatable bonds is 5. The summed E-state index contributed by atoms with van der Waals surface area (Å²) in [5, 5.41) is 4.31. The van der Waals surface area contributed by atoms with Gasteiger partial charge in [-0.05, 0) is 24.6 Å². The summed E-state index contributed by atoms with van der Waals surface area (Å²) in [6.45, 7) is 2.82. The molecule has 0 unspecified atom stereocenters. The molecule has 2 aromatic rings. The maximum absolute atomic E-state index is 5.83. The Balaban J connectivity index is 2.14. The van der Waals surface area contributed by atoms with Crippen LogP contribution in [0, 0.1) is 6.92 Å². The third-order valence-corrected chi connectivity index (χ3v) is 3.00. The van der Waals surface area contributed by atoms with Gasteiger partial charge in [0, 0.05) is 13.6 Å². The van der Waals surface area contributed by atoms with Crippen molar-refractivity contribution in [2.45, 2.75) is 20.1 Å². The van der Waals surface area contributed by atoms with E-state index in [2.05, 4.69) is 5.10 Å². The van der Waals surface area contributed by atoms with Crippen LogP contribution in [0.2, 0.25) is 0 Å². The lowest BCUT2D eigenvalue weighted by Gasteiger charge is -2.09. The minimum atomic E-state index is 0.424. The van der Waals surface area contributed by atoms with E-state index >= 15 is 0 Å². The standard InChI is InChI=1S/C14H19N3O2/c1-10-13(8-15)14(17(2)16-10)19-9-11-5-4-6-12(7-11)18-3/h4-7H,8-9,15H2,1-3H3. The molecular weight excluding hydrogens is 242 g/mol. The second-order valence-electron chi connectivity index (χ2n) is 4.34. The molecule has 0 saturated carbocycles. The second kappa shape index (κ2) is 5.75. The molecule has 0 bridgehead atoms. The molecule has 1 aromatic heterocycles. The fourth-order valence-electron chi connectivity index (χ4n) is 2.01. The zero-order valence-electron chi connectivity index (χ0n) is 11.5. The summed E-state index contributed by atoms with van der Waals surface area (Å²) in [5.74, 6) is 1.55. The highest BCUT2D eigenvalue weighted by Gasteiger charge is 2.13. The van der Waals surface area contributed by atoms with Gasteiger partial charge in [-0.25, -0.2) is 4.68 Å². The molecule has 2 N–H and O–H groups in total. The van der Waals surface area contributed by atoms with E-state index in [0.717, 1.165) is 28.5 Å². The molecule has 0 aliphatic carbocycles. The Morgan fingerprint density at radius 2 is 2.16 bits per heavy atom. The minimum absolute atomic E-state index is 0.424. The maximum Gasteiger partial charge on any atom is 0.216 e. The molecule has 102 valence electrons. The van der Waals surface area contributed by atoms with Crippen LogP contribution in [-0.4, -0.2) is 16.9 Å². The molecule has 5 heteroatoms. The first kappa shape index (κ1) is 13.4. The van der Waals surface area contributed by atoms with Crippen LogP contribution in [0.5, 0.6) is 11.6 Å². The third kappa shape index (κ3) is 2.88. The number of hydrogen-bond donors (Lipinski definition) is 1. The fraction of sp³-hybridized carbons (Fsp3) is 0.357. The first-order valence-electron chi connectivity index (χ1n) is 6.14. The van der Waals surface area contributed by atoms with Crippen molar-refractivity contribution >= 4 is 0 Å². The number of aromatic nitrogens is 2. The molecule has 0 aliphatic heterocycles. The lowest BCUT2D eigenvalue weighted by molar-refractivity contribution is 0.275. The van der Waals surface area contributed by atoms with Gasteiger partial charge in [0.05, 0.1) is 18.4 Å². The summed E-state index contributed by atoms with van der Waals surface area (Å²) in [6.07, 6.45) is 0. The Labute approximate surface area is 112 Å². The van der Waals surface area contributed by atoms with E-state index in [1.54, 1.807) is 11.8 Å². The first-order chi connectivity index (χ1) is 9.15. The third-order valence-electron chi connectivity index (χ3n) is 3.00. The van der Waals surface area contributed by atoms with Gasteiger partial charge in [-0.2, -0.15) is 5.10 Å². The fourth-order valence-corrected chi connectivity index (χ4v) is 2.01. The van der Waals surface area contributed by atoms with E-state index < -0.39 is 0 Å². The Hall–Kier alpha value is -2.01. The number of nitrogens with two attached hydrogens (primary N) is 1. The second-order valence-corrected chi connectivity index (χ2v) is 4.34. The van der Waals surface area contributed by atoms with Gasteiger partial charge in [0.25, 0.3) is 0 Å². The van der Waals surface area contributed by atoms with Crippen molar-refractivity contribution in [2.24, 2.45) is 12.8 Å². The van der Waals surface area contributed by atoms with Gasteiger partial charge in [0.15, 0.2) is 0 Å². The van der Waals surface area contributed by atoms with Crippen LogP contribution in [0.15, 0.2) is 24.3 Å². The van der Waals surface area contributed by atoms with E-state index in [-0.39, 0.29) is 0 Å². The molecule has 2 rings (SSSR count). The summed E-state index contributed by atoms with van der Waals surface area (Å²) in [6, 6.07) is 7.79. The van der Waals surface area contributed by atoms with Gasteiger partial charge in [-0.1, -0.05) is 12.1 Å². The minimum Gasteiger partial charge on any atom is -0.497 e. The number of aryl methyl sites for hydroxylation is 2. The number of methoxy groups -OCH3 is 1. The molecular formula is C14H19N3O2. The normalized spacial score (nSPS) is 10.5. The number of ether oxygens (including phenoxy) is 2. The van der Waals surface area contributed by atoms with Gasteiger partial charge < -0.3 is 15.2 Å². The van der Waals surface area contributed by atoms with Crippen LogP contribution in [0.25, 0.3) is 0 Å². The van der Waals surface area contributed by atoms with Crippen LogP contribution in [0.4, 0.5) is 0 Å². The van der Waals surface area contributed by atoms with E-state index in [9.17, 15) is 0 Å². The van der Waals surface area contributed by atoms with E-state index in [0.29, 0.717) is 13.2 Å². The molecule has 0 atom stereocenters. The van der Waals surface area contributed by atoms with Crippen molar-refractivity contribution in [2.75, 3.05) is 7.11 Å². The number of nitrogens with zero attached hydrogens (tertiary/aromatic N) is 2. The van der Waals surface area contributed by atoms with Crippen molar-refractivity contribution in [3.8, 4) is 11.6 Å². The molecule has 0 aliphatic rings. The van der Waals surface area contributed by atoms with Crippen molar-refractivity contribution in [3.05, 3.63) is 41.1 Å². The smallest absolute Gasteiger partial charge is 0.216 e. The Kier molecular flexibility index (Phi) is 4.06. The van der Waals surface area contributed by atoms with E-state index in [1.165, 1.54) is 0 Å². The quantitative estimate of drug-likeness (QED) is 0.891. The summed E-state index contributed by atoms with van der Waals surface area (Å²) < 4.78 is 12.7. The predicted octanol–water partition coefficient (Wildman–Crippen LogP) is 1.77. The topological polar surface area (TPSA) is 62.3 Å². The molecule has 1 heterocycles. The summed E-state index contributed by atoms with van der Waals surface area (Å²) in [4.78, 5) is 0. The summed E-state index contributed by atoms with van der Waals surface area (Å²) >= 11 is 0. The van der Waals surface area contributed by atoms with Crippen molar-refractivity contribution in [1.29, 1.82) is 0 Å². The average Bonchev–Trinajstić information content (AvgIpc) is 2.70. The van der Waals surface area contributed by atoms with Crippen LogP contribution in [0.1, 0.15) is 16.8 Å². The van der Waals surface area contributed by atoms with Crippen LogP contribution in [-0.2, 0) is 20.2 Å². The monoisotopic (exact) mass is 261 g/mol. The zero-order valence-corrected chi connectivity index (χ0v) is 11.5. The average molecular weight is 261 g/mol. The van der Waals surface area contributed by atoms with Gasteiger partial charge >= 0.3 is 0 Å². The lowest BCUT2D eigenvalue weighted by atomic mass is 10.2. The van der Waals surface area contributed by atoms with Gasteiger partial charge in [0.1, 0.15) is 12.4 Å². The molecule has 0 spiro atoms. The molecule has 0 fully saturated rings. The largest absolute Gasteiger partial charge is 0.497 e. The Morgan fingerprint density at radius 3 is 2.84 bits per heavy atom. The molecule has 0 amide bonds. The van der Waals surface area contributed by atoms with Crippen LogP contribution >= 0.6 is 0 Å². The van der Waals surface area contributed by atoms with Crippen LogP contribution < -0.4 is 15.2 Å². The van der Waals surface area contributed by atoms with E-state index in [1.807, 2.05) is 38.2 Å². The lowest BCUT2D eigenvalue weighted by Crippen LogP contribution is -2.05. The molecule has 0 saturated heterocycles. The maximum atomic E-state index is 5.83. The van der Waals surface area contributed by atoms with Crippen molar-refractivity contribution in [3.63, 3.8) is 0 Å². The summed E-state index contributed by atoms with van der Waals surface area (Å²) in [5.41, 5.74) is 8.63. The molecule has 1 aromatic carbocycles. The highest BCUT2D eigenvalue weighted by Crippen LogP contribution is 2.22. The first-order valence-corrected chi connectivity index (χ1v) is 6.14. The highest BCUT2D eigenvalue weighted by molar-refractivity contribution is 5.32. The van der Waals surface area contributed by atoms with Crippen molar-refractivity contribution in [1.82, 2.24) is 9.78 Å². The highest BCUT2D eigenvalue weighted by atomic mass is 16.5.